The quantitative estimate of drug-likeness (QED) is 0.493. The van der Waals surface area contributed by atoms with Gasteiger partial charge in [-0.3, -0.25) is 0 Å². The molecule has 0 aromatic carbocycles. The van der Waals surface area contributed by atoms with Crippen LogP contribution in [0.4, 0.5) is 0 Å². The Morgan fingerprint density at radius 2 is 1.00 bits per heavy atom. The minimum absolute atomic E-state index is 0. The van der Waals surface area contributed by atoms with Crippen molar-refractivity contribution >= 4 is 42.4 Å². The van der Waals surface area contributed by atoms with E-state index in [1.807, 2.05) is 0 Å². The molecule has 0 bridgehead atoms. The summed E-state index contributed by atoms with van der Waals surface area (Å²) in [5.41, 5.74) is 0. The predicted octanol–water partition coefficient (Wildman–Crippen LogP) is -0.767. The monoisotopic (exact) mass is 366 g/mol. The summed E-state index contributed by atoms with van der Waals surface area (Å²) in [7, 11) is 0. The molecule has 0 unspecified atom stereocenters. The Hall–Kier alpha value is 2.64. The van der Waals surface area contributed by atoms with Gasteiger partial charge in [0.1, 0.15) is 0 Å². The third kappa shape index (κ3) is 8.82. The van der Waals surface area contributed by atoms with Gasteiger partial charge in [-0.1, -0.05) is 0 Å². The second-order valence-electron chi connectivity index (χ2n) is 0. The van der Waals surface area contributed by atoms with Gasteiger partial charge in [0.15, 0.2) is 0 Å². The second kappa shape index (κ2) is 17.4. The van der Waals surface area contributed by atoms with Crippen LogP contribution in [0.15, 0.2) is 0 Å². The van der Waals surface area contributed by atoms with Crippen molar-refractivity contribution in [2.45, 2.75) is 0 Å². The van der Waals surface area contributed by atoms with Gasteiger partial charge in [0.25, 0.3) is 0 Å². The van der Waals surface area contributed by atoms with Crippen molar-refractivity contribution in [1.82, 2.24) is 0 Å². The smallest absolute Gasteiger partial charge is 0 e. The van der Waals surface area contributed by atoms with Crippen LogP contribution < -0.4 is 0 Å². The van der Waals surface area contributed by atoms with Gasteiger partial charge in [0, 0.05) is 81.8 Å². The Labute approximate surface area is 80.6 Å². The molecule has 4 heteroatoms. The van der Waals surface area contributed by atoms with Crippen molar-refractivity contribution in [2.75, 3.05) is 0 Å². The minimum atomic E-state index is 0. The van der Waals surface area contributed by atoms with Crippen LogP contribution in [0.25, 0.3) is 0 Å². The zero-order valence-electron chi connectivity index (χ0n) is 1.50. The van der Waals surface area contributed by atoms with Crippen molar-refractivity contribution in [1.29, 1.82) is 0 Å². The van der Waals surface area contributed by atoms with Gasteiger partial charge < -0.3 is 0 Å². The van der Waals surface area contributed by atoms with E-state index >= 15 is 0 Å². The molecule has 32 valence electrons. The zero-order valence-corrected chi connectivity index (χ0v) is 8.35. The molecule has 0 aliphatic carbocycles. The first kappa shape index (κ1) is 30.3. The minimum Gasteiger partial charge on any atom is 0 e. The topological polar surface area (TPSA) is 0 Å². The third-order valence-electron chi connectivity index (χ3n) is 0. The molecule has 0 atom stereocenters. The van der Waals surface area contributed by atoms with E-state index in [4.69, 9.17) is 0 Å². The maximum Gasteiger partial charge on any atom is 0 e. The van der Waals surface area contributed by atoms with Crippen LogP contribution >= 0.6 is 0 Å². The molecule has 0 saturated heterocycles. The summed E-state index contributed by atoms with van der Waals surface area (Å²) in [6.07, 6.45) is 0. The number of hydrogen-bond acceptors (Lipinski definition) is 0. The predicted molar refractivity (Wildman–Crippen MR) is 11.5 cm³/mol. The van der Waals surface area contributed by atoms with E-state index in [-0.39, 0.29) is 81.8 Å². The van der Waals surface area contributed by atoms with Gasteiger partial charge in [-0.05, 0) is 0 Å². The fourth-order valence-electron chi connectivity index (χ4n) is 0. The van der Waals surface area contributed by atoms with E-state index in [0.29, 0.717) is 0 Å². The molecule has 8 radical (unpaired) electrons. The van der Waals surface area contributed by atoms with Crippen molar-refractivity contribution < 1.29 is 39.4 Å². The van der Waals surface area contributed by atoms with E-state index < -0.39 is 0 Å². The molecule has 0 aromatic rings. The Balaban J connectivity index is 0. The Kier molecular flexibility index (Phi) is 132. The molecule has 0 fully saturated rings. The Bertz CT molecular complexity index is 8.00. The van der Waals surface area contributed by atoms with Crippen LogP contribution in [0.5, 0.6) is 0 Å². The normalized spacial score (nSPS) is 0. The van der Waals surface area contributed by atoms with Gasteiger partial charge in [-0.25, -0.2) is 0 Å². The molecule has 0 spiro atoms. The summed E-state index contributed by atoms with van der Waals surface area (Å²) >= 11 is 0. The van der Waals surface area contributed by atoms with E-state index in [0.717, 1.165) is 0 Å². The fraction of sp³-hybridized carbons (Fsp3) is 0. The average molecular weight is 368 g/mol. The molecule has 0 aliphatic rings. The van der Waals surface area contributed by atoms with Crippen LogP contribution in [0.1, 0.15) is 0 Å². The first-order valence-corrected chi connectivity index (χ1v) is 0. The van der Waals surface area contributed by atoms with Gasteiger partial charge >= 0.3 is 0 Å². The van der Waals surface area contributed by atoms with Crippen LogP contribution in [-0.2, 0) is 39.4 Å². The summed E-state index contributed by atoms with van der Waals surface area (Å²) in [5, 5.41) is 0. The summed E-state index contributed by atoms with van der Waals surface area (Å²) < 4.78 is 0. The first-order chi connectivity index (χ1) is 0. The van der Waals surface area contributed by atoms with Crippen molar-refractivity contribution in [3.8, 4) is 0 Å². The summed E-state index contributed by atoms with van der Waals surface area (Å²) in [6, 6.07) is 0. The van der Waals surface area contributed by atoms with E-state index in [1.54, 1.807) is 0 Å². The molecular formula is AgAsCuSb. The largest absolute Gasteiger partial charge is 0 e. The van der Waals surface area contributed by atoms with Gasteiger partial charge in [0.05, 0.1) is 0 Å². The third-order valence-corrected chi connectivity index (χ3v) is 0. The van der Waals surface area contributed by atoms with Crippen LogP contribution in [0.3, 0.4) is 0 Å². The summed E-state index contributed by atoms with van der Waals surface area (Å²) in [4.78, 5) is 0. The molecule has 0 rings (SSSR count). The fourth-order valence-corrected chi connectivity index (χ4v) is 0. The molecule has 0 nitrogen and oxygen atoms in total. The standard InChI is InChI=1S/Ag.As.Cu.Sb. The number of rotatable bonds is 0. The molecule has 0 saturated carbocycles. The maximum atomic E-state index is 0. The maximum absolute atomic E-state index is 0. The first-order valence-electron chi connectivity index (χ1n) is 0. The van der Waals surface area contributed by atoms with Crippen LogP contribution in [-0.4, -0.2) is 42.4 Å². The average Bonchev–Trinajstić information content (AvgIpc) is 0. The van der Waals surface area contributed by atoms with Crippen molar-refractivity contribution in [3.05, 3.63) is 0 Å². The van der Waals surface area contributed by atoms with Crippen LogP contribution in [0.2, 0.25) is 0 Å². The molecule has 0 aliphatic heterocycles. The van der Waals surface area contributed by atoms with Crippen LogP contribution in [0, 0.1) is 0 Å². The Morgan fingerprint density at radius 1 is 1.00 bits per heavy atom. The molecule has 0 heterocycles. The van der Waals surface area contributed by atoms with E-state index in [9.17, 15) is 0 Å². The van der Waals surface area contributed by atoms with Crippen molar-refractivity contribution in [2.24, 2.45) is 0 Å². The second-order valence-corrected chi connectivity index (χ2v) is 0. The summed E-state index contributed by atoms with van der Waals surface area (Å²) in [5.74, 6) is 0. The molecular weight excluding hydrogens is 368 g/mol. The molecule has 4 heavy (non-hydrogen) atoms. The molecule has 0 N–H and O–H groups in total. The molecule has 0 aromatic heterocycles. The zero-order chi connectivity index (χ0) is 0. The number of hydrogen-bond donors (Lipinski definition) is 0. The summed E-state index contributed by atoms with van der Waals surface area (Å²) in [6.45, 7) is 0. The van der Waals surface area contributed by atoms with Gasteiger partial charge in [0.2, 0.25) is 0 Å². The SMILES string of the molecule is [Ag].[As].[Cu].[Sb]. The van der Waals surface area contributed by atoms with Crippen molar-refractivity contribution in [3.63, 3.8) is 0 Å². The van der Waals surface area contributed by atoms with E-state index in [1.165, 1.54) is 0 Å². The Morgan fingerprint density at radius 3 is 1.00 bits per heavy atom. The van der Waals surface area contributed by atoms with E-state index in [2.05, 4.69) is 0 Å². The molecule has 0 amide bonds. The van der Waals surface area contributed by atoms with Gasteiger partial charge in [-0.2, -0.15) is 0 Å². The van der Waals surface area contributed by atoms with Gasteiger partial charge in [-0.15, -0.1) is 0 Å².